The fraction of sp³-hybridized carbons (Fsp3) is 0.500. The van der Waals surface area contributed by atoms with Crippen LogP contribution in [0.15, 0.2) is 12.1 Å². The maximum atomic E-state index is 11.9. The molecule has 5 heteroatoms. The first-order valence-electron chi connectivity index (χ1n) is 6.00. The van der Waals surface area contributed by atoms with Gasteiger partial charge >= 0.3 is 0 Å². The van der Waals surface area contributed by atoms with E-state index in [-0.39, 0.29) is 5.91 Å². The van der Waals surface area contributed by atoms with E-state index in [1.165, 1.54) is 14.2 Å². The second-order valence-electron chi connectivity index (χ2n) is 4.97. The van der Waals surface area contributed by atoms with E-state index in [4.69, 9.17) is 14.2 Å². The molecule has 0 saturated heterocycles. The molecule has 0 heterocycles. The number of amides is 1. The summed E-state index contributed by atoms with van der Waals surface area (Å²) < 4.78 is 16.4. The Morgan fingerprint density at radius 2 is 1.74 bits per heavy atom. The summed E-state index contributed by atoms with van der Waals surface area (Å²) in [4.78, 5) is 11.9. The van der Waals surface area contributed by atoms with E-state index in [0.29, 0.717) is 22.8 Å². The number of hydrogen-bond acceptors (Lipinski definition) is 4. The Hall–Kier alpha value is -1.91. The van der Waals surface area contributed by atoms with Crippen molar-refractivity contribution in [3.63, 3.8) is 0 Å². The normalized spacial score (nSPS) is 10.8. The van der Waals surface area contributed by atoms with Crippen LogP contribution in [0.1, 0.15) is 31.1 Å². The second kappa shape index (κ2) is 5.82. The molecule has 19 heavy (non-hydrogen) atoms. The number of carbonyl (C=O) groups excluding carboxylic acids is 1. The van der Waals surface area contributed by atoms with Gasteiger partial charge in [-0.05, 0) is 32.9 Å². The highest BCUT2D eigenvalue weighted by molar-refractivity contribution is 5.98. The molecule has 0 aliphatic heterocycles. The summed E-state index contributed by atoms with van der Waals surface area (Å²) >= 11 is 0. The minimum absolute atomic E-state index is 0.236. The molecule has 0 unspecified atom stereocenters. The van der Waals surface area contributed by atoms with Crippen LogP contribution in [0.4, 0.5) is 0 Å². The summed E-state index contributed by atoms with van der Waals surface area (Å²) in [6.07, 6.45) is 0. The van der Waals surface area contributed by atoms with Crippen LogP contribution in [0.2, 0.25) is 0 Å². The Kier molecular flexibility index (Phi) is 4.64. The molecule has 0 radical (unpaired) electrons. The molecule has 0 spiro atoms. The zero-order chi connectivity index (χ0) is 14.6. The summed E-state index contributed by atoms with van der Waals surface area (Å²) in [6, 6.07) is 3.33. The Morgan fingerprint density at radius 1 is 1.11 bits per heavy atom. The van der Waals surface area contributed by atoms with Crippen molar-refractivity contribution in [1.29, 1.82) is 0 Å². The summed E-state index contributed by atoms with van der Waals surface area (Å²) in [5.41, 5.74) is -0.0438. The topological polar surface area (TPSA) is 56.8 Å². The van der Waals surface area contributed by atoms with Gasteiger partial charge in [0.05, 0.1) is 19.8 Å². The van der Waals surface area contributed by atoms with Gasteiger partial charge in [-0.1, -0.05) is 0 Å². The molecule has 5 nitrogen and oxygen atoms in total. The largest absolute Gasteiger partial charge is 0.493 e. The van der Waals surface area contributed by atoms with E-state index in [1.54, 1.807) is 19.2 Å². The van der Waals surface area contributed by atoms with Gasteiger partial charge < -0.3 is 19.5 Å². The molecule has 0 atom stereocenters. The third-order valence-corrected chi connectivity index (χ3v) is 2.38. The minimum atomic E-state index is -0.456. The van der Waals surface area contributed by atoms with Crippen molar-refractivity contribution in [2.45, 2.75) is 26.4 Å². The van der Waals surface area contributed by atoms with Crippen molar-refractivity contribution in [3.05, 3.63) is 17.7 Å². The molecular weight excluding hydrogens is 246 g/mol. The van der Waals surface area contributed by atoms with Crippen molar-refractivity contribution in [1.82, 2.24) is 5.32 Å². The number of methoxy groups -OCH3 is 2. The molecule has 0 fully saturated rings. The highest BCUT2D eigenvalue weighted by Gasteiger charge is 2.24. The SMILES string of the molecule is CNC(=O)c1ccc(OC)c(OC)c1OC(C)(C)C. The Bertz CT molecular complexity index is 463. The summed E-state index contributed by atoms with van der Waals surface area (Å²) in [6.45, 7) is 5.71. The molecule has 0 saturated carbocycles. The number of hydrogen-bond donors (Lipinski definition) is 1. The first kappa shape index (κ1) is 15.1. The van der Waals surface area contributed by atoms with Gasteiger partial charge in [0.25, 0.3) is 5.91 Å². The third-order valence-electron chi connectivity index (χ3n) is 2.38. The lowest BCUT2D eigenvalue weighted by molar-refractivity contribution is 0.0936. The van der Waals surface area contributed by atoms with Gasteiger partial charge in [0.2, 0.25) is 5.75 Å². The molecule has 1 N–H and O–H groups in total. The van der Waals surface area contributed by atoms with E-state index in [1.807, 2.05) is 20.8 Å². The molecule has 1 aromatic rings. The van der Waals surface area contributed by atoms with Crippen molar-refractivity contribution in [2.24, 2.45) is 0 Å². The quantitative estimate of drug-likeness (QED) is 0.909. The lowest BCUT2D eigenvalue weighted by atomic mass is 10.1. The highest BCUT2D eigenvalue weighted by atomic mass is 16.5. The number of ether oxygens (including phenoxy) is 3. The number of benzene rings is 1. The average molecular weight is 267 g/mol. The molecular formula is C14H21NO4. The Morgan fingerprint density at radius 3 is 2.16 bits per heavy atom. The summed E-state index contributed by atoms with van der Waals surface area (Å²) in [5.74, 6) is 1.09. The smallest absolute Gasteiger partial charge is 0.254 e. The average Bonchev–Trinajstić information content (AvgIpc) is 2.35. The van der Waals surface area contributed by atoms with Gasteiger partial charge in [-0.3, -0.25) is 4.79 Å². The lowest BCUT2D eigenvalue weighted by Crippen LogP contribution is -2.26. The lowest BCUT2D eigenvalue weighted by Gasteiger charge is -2.25. The van der Waals surface area contributed by atoms with Crippen LogP contribution in [0.3, 0.4) is 0 Å². The van der Waals surface area contributed by atoms with E-state index in [9.17, 15) is 4.79 Å². The van der Waals surface area contributed by atoms with Crippen LogP contribution in [-0.2, 0) is 0 Å². The zero-order valence-electron chi connectivity index (χ0n) is 12.3. The molecule has 106 valence electrons. The predicted molar refractivity (Wildman–Crippen MR) is 73.3 cm³/mol. The van der Waals surface area contributed by atoms with Crippen LogP contribution in [0.5, 0.6) is 17.2 Å². The monoisotopic (exact) mass is 267 g/mol. The van der Waals surface area contributed by atoms with Crippen molar-refractivity contribution >= 4 is 5.91 Å². The Balaban J connectivity index is 3.44. The predicted octanol–water partition coefficient (Wildman–Crippen LogP) is 2.24. The fourth-order valence-corrected chi connectivity index (χ4v) is 1.62. The molecule has 0 bridgehead atoms. The van der Waals surface area contributed by atoms with Gasteiger partial charge in [-0.15, -0.1) is 0 Å². The van der Waals surface area contributed by atoms with Gasteiger partial charge in [-0.25, -0.2) is 0 Å². The van der Waals surface area contributed by atoms with Gasteiger partial charge in [0, 0.05) is 7.05 Å². The third kappa shape index (κ3) is 3.53. The maximum Gasteiger partial charge on any atom is 0.254 e. The summed E-state index contributed by atoms with van der Waals surface area (Å²) in [5, 5.41) is 2.58. The first-order valence-corrected chi connectivity index (χ1v) is 6.00. The van der Waals surface area contributed by atoms with Crippen LogP contribution in [0.25, 0.3) is 0 Å². The Labute approximate surface area is 113 Å². The maximum absolute atomic E-state index is 11.9. The molecule has 0 aromatic heterocycles. The zero-order valence-corrected chi connectivity index (χ0v) is 12.3. The highest BCUT2D eigenvalue weighted by Crippen LogP contribution is 2.41. The van der Waals surface area contributed by atoms with E-state index in [0.717, 1.165) is 0 Å². The molecule has 0 aliphatic carbocycles. The number of rotatable bonds is 4. The van der Waals surface area contributed by atoms with Gasteiger partial charge in [-0.2, -0.15) is 0 Å². The molecule has 0 aliphatic rings. The van der Waals surface area contributed by atoms with Crippen molar-refractivity contribution < 1.29 is 19.0 Å². The number of carbonyl (C=O) groups is 1. The van der Waals surface area contributed by atoms with E-state index >= 15 is 0 Å². The van der Waals surface area contributed by atoms with Crippen molar-refractivity contribution in [3.8, 4) is 17.2 Å². The van der Waals surface area contributed by atoms with Crippen molar-refractivity contribution in [2.75, 3.05) is 21.3 Å². The second-order valence-corrected chi connectivity index (χ2v) is 4.97. The standard InChI is InChI=1S/C14H21NO4/c1-14(2,3)19-11-9(13(16)15-4)7-8-10(17-5)12(11)18-6/h7-8H,1-6H3,(H,15,16). The minimum Gasteiger partial charge on any atom is -0.493 e. The molecule has 1 rings (SSSR count). The van der Waals surface area contributed by atoms with Crippen LogP contribution >= 0.6 is 0 Å². The molecule has 1 amide bonds. The fourth-order valence-electron chi connectivity index (χ4n) is 1.62. The van der Waals surface area contributed by atoms with E-state index in [2.05, 4.69) is 5.32 Å². The van der Waals surface area contributed by atoms with E-state index < -0.39 is 5.60 Å². The van der Waals surface area contributed by atoms with Crippen LogP contribution < -0.4 is 19.5 Å². The van der Waals surface area contributed by atoms with Gasteiger partial charge in [0.1, 0.15) is 5.60 Å². The van der Waals surface area contributed by atoms with Crippen LogP contribution in [0, 0.1) is 0 Å². The number of nitrogens with one attached hydrogen (secondary N) is 1. The first-order chi connectivity index (χ1) is 8.84. The molecule has 1 aromatic carbocycles. The summed E-state index contributed by atoms with van der Waals surface area (Å²) in [7, 11) is 4.62. The van der Waals surface area contributed by atoms with Gasteiger partial charge in [0.15, 0.2) is 11.5 Å². The van der Waals surface area contributed by atoms with Crippen LogP contribution in [-0.4, -0.2) is 32.8 Å².